The van der Waals surface area contributed by atoms with Crippen LogP contribution >= 0.6 is 15.9 Å². The van der Waals surface area contributed by atoms with Crippen LogP contribution < -0.4 is 20.1 Å². The third kappa shape index (κ3) is 3.38. The average Bonchev–Trinajstić information content (AvgIpc) is 2.54. The van der Waals surface area contributed by atoms with Crippen LogP contribution in [-0.2, 0) is 4.79 Å². The van der Waals surface area contributed by atoms with E-state index in [0.29, 0.717) is 13.2 Å². The molecule has 1 aromatic carbocycles. The van der Waals surface area contributed by atoms with E-state index in [4.69, 9.17) is 9.47 Å². The SMILES string of the molecule is CC(NC(=O)C1CCCCN1)c1cc2c(cc1Br)OCCO2. The highest BCUT2D eigenvalue weighted by molar-refractivity contribution is 9.10. The molecule has 5 nitrogen and oxygen atoms in total. The van der Waals surface area contributed by atoms with Crippen molar-refractivity contribution in [3.05, 3.63) is 22.2 Å². The quantitative estimate of drug-likeness (QED) is 0.860. The van der Waals surface area contributed by atoms with Crippen LogP contribution in [0.3, 0.4) is 0 Å². The van der Waals surface area contributed by atoms with E-state index in [9.17, 15) is 4.79 Å². The standard InChI is InChI=1S/C16H21BrN2O3/c1-10(19-16(20)13-4-2-3-5-18-13)11-8-14-15(9-12(11)17)22-7-6-21-14/h8-10,13,18H,2-7H2,1H3,(H,19,20). The van der Waals surface area contributed by atoms with Gasteiger partial charge in [0.15, 0.2) is 11.5 Å². The highest BCUT2D eigenvalue weighted by Gasteiger charge is 2.24. The molecule has 0 bridgehead atoms. The predicted molar refractivity (Wildman–Crippen MR) is 87.3 cm³/mol. The maximum absolute atomic E-state index is 12.3. The molecule has 3 rings (SSSR count). The van der Waals surface area contributed by atoms with Crippen LogP contribution in [0, 0.1) is 0 Å². The Morgan fingerprint density at radius 3 is 2.73 bits per heavy atom. The Bertz CT molecular complexity index is 559. The van der Waals surface area contributed by atoms with Crippen molar-refractivity contribution in [2.24, 2.45) is 0 Å². The van der Waals surface area contributed by atoms with Crippen molar-refractivity contribution in [3.63, 3.8) is 0 Å². The number of rotatable bonds is 3. The van der Waals surface area contributed by atoms with Gasteiger partial charge in [-0.15, -0.1) is 0 Å². The zero-order valence-corrected chi connectivity index (χ0v) is 14.2. The molecule has 0 aromatic heterocycles. The Balaban J connectivity index is 1.71. The molecule has 0 aliphatic carbocycles. The zero-order valence-electron chi connectivity index (χ0n) is 12.7. The minimum absolute atomic E-state index is 0.0639. The summed E-state index contributed by atoms with van der Waals surface area (Å²) in [6.45, 7) is 4.02. The van der Waals surface area contributed by atoms with Gasteiger partial charge in [0.1, 0.15) is 13.2 Å². The number of fused-ring (bicyclic) bond motifs is 1. The van der Waals surface area contributed by atoms with Gasteiger partial charge in [0.25, 0.3) is 0 Å². The van der Waals surface area contributed by atoms with E-state index >= 15 is 0 Å². The van der Waals surface area contributed by atoms with Crippen LogP contribution in [0.5, 0.6) is 11.5 Å². The van der Waals surface area contributed by atoms with Crippen molar-refractivity contribution >= 4 is 21.8 Å². The van der Waals surface area contributed by atoms with Gasteiger partial charge in [0.05, 0.1) is 12.1 Å². The molecule has 1 fully saturated rings. The maximum atomic E-state index is 12.3. The molecule has 1 amide bonds. The fourth-order valence-corrected chi connectivity index (χ4v) is 3.54. The molecule has 2 N–H and O–H groups in total. The summed E-state index contributed by atoms with van der Waals surface area (Å²) in [4.78, 5) is 12.3. The first-order chi connectivity index (χ1) is 10.6. The van der Waals surface area contributed by atoms with Gasteiger partial charge in [-0.2, -0.15) is 0 Å². The molecule has 2 unspecified atom stereocenters. The highest BCUT2D eigenvalue weighted by Crippen LogP contribution is 2.37. The van der Waals surface area contributed by atoms with E-state index in [-0.39, 0.29) is 18.0 Å². The van der Waals surface area contributed by atoms with Crippen LogP contribution in [0.1, 0.15) is 37.8 Å². The van der Waals surface area contributed by atoms with E-state index in [1.54, 1.807) is 0 Å². The van der Waals surface area contributed by atoms with Gasteiger partial charge in [-0.25, -0.2) is 0 Å². The first kappa shape index (κ1) is 15.6. The Kier molecular flexibility index (Phi) is 4.88. The van der Waals surface area contributed by atoms with Gasteiger partial charge in [-0.3, -0.25) is 4.79 Å². The van der Waals surface area contributed by atoms with E-state index in [1.165, 1.54) is 0 Å². The minimum Gasteiger partial charge on any atom is -0.486 e. The number of nitrogens with one attached hydrogen (secondary N) is 2. The second-order valence-corrected chi connectivity index (χ2v) is 6.60. The second-order valence-electron chi connectivity index (χ2n) is 5.75. The average molecular weight is 369 g/mol. The Labute approximate surface area is 138 Å². The topological polar surface area (TPSA) is 59.6 Å². The summed E-state index contributed by atoms with van der Waals surface area (Å²) in [6.07, 6.45) is 3.15. The molecule has 2 aliphatic rings. The highest BCUT2D eigenvalue weighted by atomic mass is 79.9. The summed E-state index contributed by atoms with van der Waals surface area (Å²) in [7, 11) is 0. The lowest BCUT2D eigenvalue weighted by atomic mass is 10.0. The molecular formula is C16H21BrN2O3. The normalized spacial score (nSPS) is 22.0. The molecule has 6 heteroatoms. The van der Waals surface area contributed by atoms with Crippen LogP contribution in [0.15, 0.2) is 16.6 Å². The molecule has 2 aliphatic heterocycles. The summed E-state index contributed by atoms with van der Waals surface area (Å²) in [5.41, 5.74) is 0.994. The molecule has 120 valence electrons. The van der Waals surface area contributed by atoms with Crippen LogP contribution in [0.25, 0.3) is 0 Å². The zero-order chi connectivity index (χ0) is 15.5. The van der Waals surface area contributed by atoms with E-state index in [2.05, 4.69) is 26.6 Å². The summed E-state index contributed by atoms with van der Waals surface area (Å²) in [5, 5.41) is 6.36. The minimum atomic E-state index is -0.0959. The van der Waals surface area contributed by atoms with Crippen molar-refractivity contribution in [3.8, 4) is 11.5 Å². The molecule has 2 atom stereocenters. The van der Waals surface area contributed by atoms with Crippen molar-refractivity contribution in [1.82, 2.24) is 10.6 Å². The van der Waals surface area contributed by atoms with Gasteiger partial charge in [0.2, 0.25) is 5.91 Å². The monoisotopic (exact) mass is 368 g/mol. The first-order valence-corrected chi connectivity index (χ1v) is 8.57. The first-order valence-electron chi connectivity index (χ1n) is 7.78. The summed E-state index contributed by atoms with van der Waals surface area (Å²) >= 11 is 3.56. The number of carbonyl (C=O) groups is 1. The van der Waals surface area contributed by atoms with Crippen LogP contribution in [0.2, 0.25) is 0 Å². The predicted octanol–water partition coefficient (Wildman–Crippen LogP) is 2.54. The molecular weight excluding hydrogens is 348 g/mol. The molecule has 0 spiro atoms. The maximum Gasteiger partial charge on any atom is 0.237 e. The Morgan fingerprint density at radius 1 is 1.32 bits per heavy atom. The van der Waals surface area contributed by atoms with Crippen molar-refractivity contribution < 1.29 is 14.3 Å². The molecule has 0 saturated carbocycles. The number of hydrogen-bond acceptors (Lipinski definition) is 4. The van der Waals surface area contributed by atoms with E-state index in [0.717, 1.165) is 47.3 Å². The van der Waals surface area contributed by atoms with Crippen LogP contribution in [0.4, 0.5) is 0 Å². The fourth-order valence-electron chi connectivity index (χ4n) is 2.88. The fraction of sp³-hybridized carbons (Fsp3) is 0.562. The number of carbonyl (C=O) groups excluding carboxylic acids is 1. The third-order valence-electron chi connectivity index (χ3n) is 4.11. The Morgan fingerprint density at radius 2 is 2.05 bits per heavy atom. The van der Waals surface area contributed by atoms with Gasteiger partial charge < -0.3 is 20.1 Å². The third-order valence-corrected chi connectivity index (χ3v) is 4.80. The lowest BCUT2D eigenvalue weighted by Crippen LogP contribution is -2.47. The summed E-state index contributed by atoms with van der Waals surface area (Å²) in [6, 6.07) is 3.68. The van der Waals surface area contributed by atoms with E-state index in [1.807, 2.05) is 19.1 Å². The van der Waals surface area contributed by atoms with Crippen molar-refractivity contribution in [1.29, 1.82) is 0 Å². The van der Waals surface area contributed by atoms with Gasteiger partial charge >= 0.3 is 0 Å². The molecule has 1 saturated heterocycles. The molecule has 1 aromatic rings. The van der Waals surface area contributed by atoms with Crippen molar-refractivity contribution in [2.45, 2.75) is 38.3 Å². The number of piperidine rings is 1. The second kappa shape index (κ2) is 6.87. The number of benzene rings is 1. The van der Waals surface area contributed by atoms with Gasteiger partial charge in [-0.05, 0) is 44.0 Å². The number of halogens is 1. The molecule has 22 heavy (non-hydrogen) atoms. The lowest BCUT2D eigenvalue weighted by Gasteiger charge is -2.26. The van der Waals surface area contributed by atoms with E-state index < -0.39 is 0 Å². The summed E-state index contributed by atoms with van der Waals surface area (Å²) < 4.78 is 12.1. The number of amides is 1. The number of hydrogen-bond donors (Lipinski definition) is 2. The Hall–Kier alpha value is -1.27. The molecule has 0 radical (unpaired) electrons. The molecule has 2 heterocycles. The summed E-state index contributed by atoms with van der Waals surface area (Å²) in [5.74, 6) is 1.55. The largest absolute Gasteiger partial charge is 0.486 e. The van der Waals surface area contributed by atoms with Gasteiger partial charge in [-0.1, -0.05) is 22.4 Å². The number of ether oxygens (including phenoxy) is 2. The van der Waals surface area contributed by atoms with Gasteiger partial charge in [0, 0.05) is 4.47 Å². The smallest absolute Gasteiger partial charge is 0.237 e. The van der Waals surface area contributed by atoms with Crippen molar-refractivity contribution in [2.75, 3.05) is 19.8 Å². The lowest BCUT2D eigenvalue weighted by molar-refractivity contribution is -0.124. The van der Waals surface area contributed by atoms with Crippen LogP contribution in [-0.4, -0.2) is 31.7 Å².